The fraction of sp³-hybridized carbons (Fsp3) is 0.316. The summed E-state index contributed by atoms with van der Waals surface area (Å²) in [5.41, 5.74) is 0.824. The minimum absolute atomic E-state index is 0.0546. The molecule has 0 aromatic heterocycles. The van der Waals surface area contributed by atoms with Crippen LogP contribution in [-0.4, -0.2) is 47.7 Å². The van der Waals surface area contributed by atoms with Crippen LogP contribution in [0.15, 0.2) is 53.4 Å². The van der Waals surface area contributed by atoms with E-state index in [-0.39, 0.29) is 22.9 Å². The molecule has 0 saturated carbocycles. The second-order valence-electron chi connectivity index (χ2n) is 5.94. The molecular formula is C19H23ClN2O5S. The molecule has 9 heteroatoms. The Balaban J connectivity index is 2.24. The van der Waals surface area contributed by atoms with Gasteiger partial charge >= 0.3 is 0 Å². The Hall–Kier alpha value is -2.13. The molecule has 2 N–H and O–H groups in total. The van der Waals surface area contributed by atoms with Gasteiger partial charge in [-0.25, -0.2) is 8.42 Å². The molecule has 152 valence electrons. The summed E-state index contributed by atoms with van der Waals surface area (Å²) in [4.78, 5) is 12.5. The number of carbonyl (C=O) groups excluding carboxylic acids is 1. The largest absolute Gasteiger partial charge is 0.495 e. The zero-order chi connectivity index (χ0) is 20.6. The molecule has 0 aliphatic rings. The Morgan fingerprint density at radius 3 is 2.46 bits per heavy atom. The number of carbonyl (C=O) groups is 1. The van der Waals surface area contributed by atoms with Gasteiger partial charge in [-0.15, -0.1) is 0 Å². The molecule has 0 aliphatic carbocycles. The van der Waals surface area contributed by atoms with Crippen LogP contribution in [0.1, 0.15) is 5.56 Å². The van der Waals surface area contributed by atoms with E-state index < -0.39 is 22.0 Å². The first-order valence-corrected chi connectivity index (χ1v) is 10.4. The monoisotopic (exact) mass is 426 g/mol. The number of ether oxygens (including phenoxy) is 2. The Morgan fingerprint density at radius 1 is 1.14 bits per heavy atom. The molecule has 1 atom stereocenters. The molecule has 2 aromatic carbocycles. The van der Waals surface area contributed by atoms with E-state index in [1.165, 1.54) is 32.4 Å². The van der Waals surface area contributed by atoms with Crippen molar-refractivity contribution in [2.75, 3.05) is 27.4 Å². The zero-order valence-corrected chi connectivity index (χ0v) is 17.2. The number of hydrogen-bond donors (Lipinski definition) is 2. The topological polar surface area (TPSA) is 93.7 Å². The second-order valence-corrected chi connectivity index (χ2v) is 8.06. The van der Waals surface area contributed by atoms with Crippen LogP contribution < -0.4 is 14.8 Å². The van der Waals surface area contributed by atoms with Gasteiger partial charge in [0, 0.05) is 13.7 Å². The standard InChI is InChI=1S/C19H23ClN2O5S/c1-26-11-10-21-19(23)17(12-14-6-4-3-5-7-14)22-28(24,25)15-8-9-18(27-2)16(20)13-15/h3-9,13,17,22H,10-12H2,1-2H3,(H,21,23). The quantitative estimate of drug-likeness (QED) is 0.567. The lowest BCUT2D eigenvalue weighted by molar-refractivity contribution is -0.122. The molecule has 1 unspecified atom stereocenters. The van der Waals surface area contributed by atoms with Gasteiger partial charge in [-0.2, -0.15) is 4.72 Å². The normalized spacial score (nSPS) is 12.4. The zero-order valence-electron chi connectivity index (χ0n) is 15.6. The summed E-state index contributed by atoms with van der Waals surface area (Å²) in [6.45, 7) is 0.599. The number of benzene rings is 2. The lowest BCUT2D eigenvalue weighted by Gasteiger charge is -2.19. The number of sulfonamides is 1. The molecule has 0 radical (unpaired) electrons. The summed E-state index contributed by atoms with van der Waals surface area (Å²) in [6, 6.07) is 12.3. The van der Waals surface area contributed by atoms with Crippen molar-refractivity contribution in [2.24, 2.45) is 0 Å². The van der Waals surface area contributed by atoms with Crippen molar-refractivity contribution >= 4 is 27.5 Å². The molecule has 7 nitrogen and oxygen atoms in total. The third kappa shape index (κ3) is 6.20. The maximum atomic E-state index is 12.8. The lowest BCUT2D eigenvalue weighted by atomic mass is 10.1. The minimum Gasteiger partial charge on any atom is -0.495 e. The first kappa shape index (κ1) is 22.2. The number of halogens is 1. The Kier molecular flexibility index (Phi) is 8.25. The molecule has 0 bridgehead atoms. The average molecular weight is 427 g/mol. The van der Waals surface area contributed by atoms with Crippen LogP contribution in [0.4, 0.5) is 0 Å². The van der Waals surface area contributed by atoms with Gasteiger partial charge in [-0.3, -0.25) is 4.79 Å². The van der Waals surface area contributed by atoms with Crippen LogP contribution in [0.3, 0.4) is 0 Å². The van der Waals surface area contributed by atoms with Crippen molar-refractivity contribution < 1.29 is 22.7 Å². The van der Waals surface area contributed by atoms with E-state index in [4.69, 9.17) is 21.1 Å². The molecule has 0 spiro atoms. The van der Waals surface area contributed by atoms with Crippen molar-refractivity contribution in [3.63, 3.8) is 0 Å². The van der Waals surface area contributed by atoms with Gasteiger partial charge in [-0.05, 0) is 30.2 Å². The summed E-state index contributed by atoms with van der Waals surface area (Å²) >= 11 is 6.04. The Morgan fingerprint density at radius 2 is 1.86 bits per heavy atom. The number of rotatable bonds is 10. The molecular weight excluding hydrogens is 404 g/mol. The van der Waals surface area contributed by atoms with E-state index >= 15 is 0 Å². The van der Waals surface area contributed by atoms with Crippen LogP contribution in [0.25, 0.3) is 0 Å². The smallest absolute Gasteiger partial charge is 0.241 e. The van der Waals surface area contributed by atoms with E-state index in [2.05, 4.69) is 10.0 Å². The van der Waals surface area contributed by atoms with Crippen LogP contribution in [-0.2, 0) is 26.0 Å². The molecule has 1 amide bonds. The summed E-state index contributed by atoms with van der Waals surface area (Å²) < 4.78 is 38.0. The van der Waals surface area contributed by atoms with E-state index in [0.717, 1.165) is 5.56 Å². The average Bonchev–Trinajstić information content (AvgIpc) is 2.68. The highest BCUT2D eigenvalue weighted by Gasteiger charge is 2.26. The first-order valence-electron chi connectivity index (χ1n) is 8.54. The first-order chi connectivity index (χ1) is 13.4. The van der Waals surface area contributed by atoms with Gasteiger partial charge in [0.15, 0.2) is 0 Å². The summed E-state index contributed by atoms with van der Waals surface area (Å²) in [7, 11) is -1.03. The maximum absolute atomic E-state index is 12.8. The SMILES string of the molecule is COCCNC(=O)C(Cc1ccccc1)NS(=O)(=O)c1ccc(OC)c(Cl)c1. The van der Waals surface area contributed by atoms with E-state index in [0.29, 0.717) is 12.4 Å². The fourth-order valence-electron chi connectivity index (χ4n) is 2.51. The highest BCUT2D eigenvalue weighted by atomic mass is 35.5. The number of methoxy groups -OCH3 is 2. The Bertz CT molecular complexity index is 890. The van der Waals surface area contributed by atoms with Crippen LogP contribution >= 0.6 is 11.6 Å². The third-order valence-electron chi connectivity index (χ3n) is 3.94. The molecule has 2 rings (SSSR count). The van der Waals surface area contributed by atoms with E-state index in [1.54, 1.807) is 0 Å². The number of amides is 1. The fourth-order valence-corrected chi connectivity index (χ4v) is 4.05. The van der Waals surface area contributed by atoms with Gasteiger partial charge in [-0.1, -0.05) is 41.9 Å². The van der Waals surface area contributed by atoms with Crippen molar-refractivity contribution in [1.29, 1.82) is 0 Å². The highest BCUT2D eigenvalue weighted by molar-refractivity contribution is 7.89. The minimum atomic E-state index is -3.98. The predicted octanol–water partition coefficient (Wildman–Crippen LogP) is 2.00. The van der Waals surface area contributed by atoms with Crippen LogP contribution in [0, 0.1) is 0 Å². The van der Waals surface area contributed by atoms with E-state index in [9.17, 15) is 13.2 Å². The molecule has 0 heterocycles. The van der Waals surface area contributed by atoms with Gasteiger partial charge < -0.3 is 14.8 Å². The summed E-state index contributed by atoms with van der Waals surface area (Å²) in [5.74, 6) is -0.0807. The molecule has 0 aliphatic heterocycles. The highest BCUT2D eigenvalue weighted by Crippen LogP contribution is 2.27. The van der Waals surface area contributed by atoms with Crippen molar-refractivity contribution in [2.45, 2.75) is 17.4 Å². The van der Waals surface area contributed by atoms with E-state index in [1.807, 2.05) is 30.3 Å². The molecule has 0 saturated heterocycles. The molecule has 0 fully saturated rings. The Labute approximate surface area is 170 Å². The second kappa shape index (κ2) is 10.4. The molecule has 28 heavy (non-hydrogen) atoms. The van der Waals surface area contributed by atoms with Gasteiger partial charge in [0.05, 0.1) is 23.6 Å². The van der Waals surface area contributed by atoms with Crippen molar-refractivity contribution in [3.05, 3.63) is 59.1 Å². The summed E-state index contributed by atoms with van der Waals surface area (Å²) in [5, 5.41) is 2.83. The summed E-state index contributed by atoms with van der Waals surface area (Å²) in [6.07, 6.45) is 0.197. The van der Waals surface area contributed by atoms with Crippen LogP contribution in [0.5, 0.6) is 5.75 Å². The number of nitrogens with one attached hydrogen (secondary N) is 2. The van der Waals surface area contributed by atoms with Gasteiger partial charge in [0.25, 0.3) is 0 Å². The number of hydrogen-bond acceptors (Lipinski definition) is 5. The maximum Gasteiger partial charge on any atom is 0.241 e. The molecule has 2 aromatic rings. The van der Waals surface area contributed by atoms with Crippen molar-refractivity contribution in [3.8, 4) is 5.75 Å². The van der Waals surface area contributed by atoms with Crippen LogP contribution in [0.2, 0.25) is 5.02 Å². The third-order valence-corrected chi connectivity index (χ3v) is 5.70. The van der Waals surface area contributed by atoms with Crippen molar-refractivity contribution in [1.82, 2.24) is 10.0 Å². The predicted molar refractivity (Wildman–Crippen MR) is 107 cm³/mol. The van der Waals surface area contributed by atoms with Gasteiger partial charge in [0.2, 0.25) is 15.9 Å². The lowest BCUT2D eigenvalue weighted by Crippen LogP contribution is -2.48. The van der Waals surface area contributed by atoms with Gasteiger partial charge in [0.1, 0.15) is 11.8 Å².